The van der Waals surface area contributed by atoms with Crippen LogP contribution in [0.15, 0.2) is 36.4 Å². The van der Waals surface area contributed by atoms with E-state index in [4.69, 9.17) is 16.9 Å². The van der Waals surface area contributed by atoms with Gasteiger partial charge in [0.25, 0.3) is 0 Å². The zero-order valence-electron chi connectivity index (χ0n) is 12.9. The topological polar surface area (TPSA) is 78.2 Å². The fraction of sp³-hybridized carbons (Fsp3) is 0.0588. The van der Waals surface area contributed by atoms with Gasteiger partial charge in [-0.05, 0) is 35.9 Å². The van der Waals surface area contributed by atoms with Gasteiger partial charge in [-0.25, -0.2) is 4.98 Å². The Bertz CT molecular complexity index is 1020. The van der Waals surface area contributed by atoms with Crippen molar-refractivity contribution >= 4 is 23.8 Å². The lowest BCUT2D eigenvalue weighted by Crippen LogP contribution is -2.07. The number of alkyl halides is 3. The summed E-state index contributed by atoms with van der Waals surface area (Å²) in [5, 5.41) is 19.6. The average Bonchev–Trinajstić information content (AvgIpc) is 3.08. The molecule has 0 radical (unpaired) electrons. The van der Waals surface area contributed by atoms with E-state index in [9.17, 15) is 13.2 Å². The number of benzene rings is 1. The third-order valence-electron chi connectivity index (χ3n) is 3.42. The molecule has 5 nitrogen and oxygen atoms in total. The van der Waals surface area contributed by atoms with Crippen LogP contribution in [0.5, 0.6) is 0 Å². The molecule has 0 unspecified atom stereocenters. The van der Waals surface area contributed by atoms with E-state index in [0.717, 1.165) is 6.07 Å². The number of hydrogen-bond donors (Lipinski definition) is 1. The summed E-state index contributed by atoms with van der Waals surface area (Å²) in [6, 6.07) is 10.4. The highest BCUT2D eigenvalue weighted by Crippen LogP contribution is 2.30. The smallest absolute Gasteiger partial charge is 0.244 e. The van der Waals surface area contributed by atoms with Crippen LogP contribution in [-0.2, 0) is 6.18 Å². The Labute approximate surface area is 150 Å². The van der Waals surface area contributed by atoms with Crippen molar-refractivity contribution in [2.75, 3.05) is 0 Å². The largest absolute Gasteiger partial charge is 0.433 e. The van der Waals surface area contributed by atoms with Crippen LogP contribution in [0.4, 0.5) is 13.2 Å². The van der Waals surface area contributed by atoms with Crippen molar-refractivity contribution in [2.45, 2.75) is 6.18 Å². The zero-order valence-corrected chi connectivity index (χ0v) is 13.7. The molecule has 0 saturated heterocycles. The molecule has 0 aliphatic rings. The number of nitriles is 1. The highest BCUT2D eigenvalue weighted by Gasteiger charge is 2.32. The molecule has 0 aliphatic carbocycles. The SMILES string of the molecule is N#Cc1n[nH]nc1-c1cc(Cl)ccc1/C=C/c1cccc(C(F)(F)F)n1. The van der Waals surface area contributed by atoms with Gasteiger partial charge < -0.3 is 0 Å². The number of halogens is 4. The number of nitrogens with zero attached hydrogens (tertiary/aromatic N) is 4. The molecule has 130 valence electrons. The molecule has 1 aromatic carbocycles. The summed E-state index contributed by atoms with van der Waals surface area (Å²) in [6.07, 6.45) is -1.50. The lowest BCUT2D eigenvalue weighted by molar-refractivity contribution is -0.141. The van der Waals surface area contributed by atoms with Gasteiger partial charge in [0.05, 0.1) is 5.69 Å². The number of hydrogen-bond acceptors (Lipinski definition) is 4. The van der Waals surface area contributed by atoms with Gasteiger partial charge >= 0.3 is 6.18 Å². The van der Waals surface area contributed by atoms with Crippen LogP contribution in [-0.4, -0.2) is 20.4 Å². The van der Waals surface area contributed by atoms with E-state index >= 15 is 0 Å². The van der Waals surface area contributed by atoms with E-state index in [2.05, 4.69) is 20.4 Å². The Hall–Kier alpha value is -3.18. The highest BCUT2D eigenvalue weighted by molar-refractivity contribution is 6.31. The minimum absolute atomic E-state index is 0.0825. The van der Waals surface area contributed by atoms with Gasteiger partial charge in [0, 0.05) is 10.6 Å². The van der Waals surface area contributed by atoms with Crippen molar-refractivity contribution in [1.82, 2.24) is 20.4 Å². The maximum Gasteiger partial charge on any atom is 0.433 e. The molecular formula is C17H9ClF3N5. The third kappa shape index (κ3) is 3.73. The second-order valence-electron chi connectivity index (χ2n) is 5.14. The maximum absolute atomic E-state index is 12.8. The van der Waals surface area contributed by atoms with Crippen molar-refractivity contribution in [3.8, 4) is 17.3 Å². The summed E-state index contributed by atoms with van der Waals surface area (Å²) in [7, 11) is 0. The van der Waals surface area contributed by atoms with Crippen LogP contribution in [0.2, 0.25) is 5.02 Å². The summed E-state index contributed by atoms with van der Waals surface area (Å²) in [5.41, 5.74) is 0.663. The van der Waals surface area contributed by atoms with E-state index in [-0.39, 0.29) is 11.4 Å². The monoisotopic (exact) mass is 375 g/mol. The normalized spacial score (nSPS) is 11.7. The Morgan fingerprint density at radius 1 is 1.12 bits per heavy atom. The Morgan fingerprint density at radius 3 is 2.65 bits per heavy atom. The van der Waals surface area contributed by atoms with Crippen molar-refractivity contribution in [3.63, 3.8) is 0 Å². The Balaban J connectivity index is 2.01. The van der Waals surface area contributed by atoms with Crippen molar-refractivity contribution < 1.29 is 13.2 Å². The summed E-state index contributed by atoms with van der Waals surface area (Å²) in [4.78, 5) is 3.58. The van der Waals surface area contributed by atoms with Crippen LogP contribution in [0, 0.1) is 11.3 Å². The first kappa shape index (κ1) is 17.6. The molecule has 3 aromatic rings. The van der Waals surface area contributed by atoms with Crippen LogP contribution in [0.1, 0.15) is 22.6 Å². The summed E-state index contributed by atoms with van der Waals surface area (Å²) >= 11 is 6.01. The van der Waals surface area contributed by atoms with Crippen molar-refractivity contribution in [1.29, 1.82) is 5.26 Å². The molecule has 0 bridgehead atoms. The number of H-pyrrole nitrogens is 1. The molecule has 2 aromatic heterocycles. The second-order valence-corrected chi connectivity index (χ2v) is 5.58. The number of rotatable bonds is 3. The zero-order chi connectivity index (χ0) is 18.7. The number of pyridine rings is 1. The van der Waals surface area contributed by atoms with E-state index in [1.54, 1.807) is 24.3 Å². The standard InChI is InChI=1S/C17H9ClF3N5/c18-11-6-4-10(13(8-11)16-14(9-22)24-26-25-16)5-7-12-2-1-3-15(23-12)17(19,20)21/h1-8H,(H,24,25,26)/b7-5+. The molecule has 9 heteroatoms. The predicted octanol–water partition coefficient (Wildman–Crippen LogP) is 4.58. The maximum atomic E-state index is 12.8. The summed E-state index contributed by atoms with van der Waals surface area (Å²) in [5.74, 6) is 0. The van der Waals surface area contributed by atoms with E-state index in [0.29, 0.717) is 21.8 Å². The number of aromatic amines is 1. The first-order valence-electron chi connectivity index (χ1n) is 7.21. The highest BCUT2D eigenvalue weighted by atomic mass is 35.5. The predicted molar refractivity (Wildman–Crippen MR) is 89.7 cm³/mol. The van der Waals surface area contributed by atoms with Gasteiger partial charge in [0.15, 0.2) is 5.69 Å². The van der Waals surface area contributed by atoms with Crippen LogP contribution < -0.4 is 0 Å². The number of nitrogens with one attached hydrogen (secondary N) is 1. The molecule has 26 heavy (non-hydrogen) atoms. The van der Waals surface area contributed by atoms with Gasteiger partial charge in [0.2, 0.25) is 0 Å². The first-order chi connectivity index (χ1) is 12.4. The summed E-state index contributed by atoms with van der Waals surface area (Å²) in [6.45, 7) is 0. The first-order valence-corrected chi connectivity index (χ1v) is 7.59. The molecule has 0 spiro atoms. The summed E-state index contributed by atoms with van der Waals surface area (Å²) < 4.78 is 38.3. The lowest BCUT2D eigenvalue weighted by Gasteiger charge is -2.06. The molecule has 0 saturated carbocycles. The fourth-order valence-corrected chi connectivity index (χ4v) is 2.42. The van der Waals surface area contributed by atoms with Gasteiger partial charge in [-0.2, -0.15) is 28.7 Å². The van der Waals surface area contributed by atoms with Crippen molar-refractivity contribution in [3.05, 3.63) is 64.1 Å². The molecule has 0 atom stereocenters. The van der Waals surface area contributed by atoms with E-state index < -0.39 is 11.9 Å². The molecule has 0 amide bonds. The Kier molecular flexibility index (Phi) is 4.73. The van der Waals surface area contributed by atoms with Crippen LogP contribution >= 0.6 is 11.6 Å². The van der Waals surface area contributed by atoms with E-state index in [1.807, 2.05) is 6.07 Å². The molecule has 1 N–H and O–H groups in total. The molecule has 0 fully saturated rings. The minimum atomic E-state index is -4.52. The minimum Gasteiger partial charge on any atom is -0.244 e. The van der Waals surface area contributed by atoms with Gasteiger partial charge in [-0.15, -0.1) is 5.10 Å². The average molecular weight is 376 g/mol. The fourth-order valence-electron chi connectivity index (χ4n) is 2.25. The van der Waals surface area contributed by atoms with Gasteiger partial charge in [-0.3, -0.25) is 0 Å². The van der Waals surface area contributed by atoms with Crippen molar-refractivity contribution in [2.24, 2.45) is 0 Å². The number of aromatic nitrogens is 4. The quantitative estimate of drug-likeness (QED) is 0.726. The van der Waals surface area contributed by atoms with Crippen LogP contribution in [0.3, 0.4) is 0 Å². The Morgan fingerprint density at radius 2 is 1.92 bits per heavy atom. The molecule has 2 heterocycles. The molecule has 3 rings (SSSR count). The second kappa shape index (κ2) is 6.98. The van der Waals surface area contributed by atoms with Gasteiger partial charge in [0.1, 0.15) is 17.5 Å². The third-order valence-corrected chi connectivity index (χ3v) is 3.65. The van der Waals surface area contributed by atoms with E-state index in [1.165, 1.54) is 18.2 Å². The molecular weight excluding hydrogens is 367 g/mol. The van der Waals surface area contributed by atoms with Gasteiger partial charge in [-0.1, -0.05) is 29.8 Å². The molecule has 0 aliphatic heterocycles. The van der Waals surface area contributed by atoms with Crippen LogP contribution in [0.25, 0.3) is 23.4 Å². The lowest BCUT2D eigenvalue weighted by atomic mass is 10.0.